The number of benzene rings is 2. The van der Waals surface area contributed by atoms with E-state index in [-0.39, 0.29) is 6.61 Å². The molecule has 3 aromatic rings. The number of halogens is 1. The van der Waals surface area contributed by atoms with Gasteiger partial charge in [0.05, 0.1) is 18.3 Å². The van der Waals surface area contributed by atoms with Crippen molar-refractivity contribution in [1.29, 1.82) is 0 Å². The van der Waals surface area contributed by atoms with Gasteiger partial charge < -0.3 is 18.6 Å². The number of furan rings is 1. The molecule has 0 bridgehead atoms. The Kier molecular flexibility index (Phi) is 5.39. The molecular formula is C21H17ClN2O5. The fourth-order valence-corrected chi connectivity index (χ4v) is 3.03. The molecular weight excluding hydrogens is 396 g/mol. The number of hydrogen-bond donors (Lipinski definition) is 1. The summed E-state index contributed by atoms with van der Waals surface area (Å²) in [6.45, 7) is 0.113. The van der Waals surface area contributed by atoms with E-state index in [9.17, 15) is 4.79 Å². The van der Waals surface area contributed by atoms with Gasteiger partial charge in [0.1, 0.15) is 23.9 Å². The highest BCUT2D eigenvalue weighted by Crippen LogP contribution is 2.31. The van der Waals surface area contributed by atoms with Crippen LogP contribution in [0.1, 0.15) is 5.76 Å². The van der Waals surface area contributed by atoms with E-state index in [1.165, 1.54) is 6.21 Å². The summed E-state index contributed by atoms with van der Waals surface area (Å²) in [5, 5.41) is 4.41. The van der Waals surface area contributed by atoms with Gasteiger partial charge in [0.15, 0.2) is 11.5 Å². The largest absolute Gasteiger partial charge is 0.495 e. The summed E-state index contributed by atoms with van der Waals surface area (Å²) in [6, 6.07) is 16.1. The Hall–Kier alpha value is -3.45. The first-order valence-electron chi connectivity index (χ1n) is 8.79. The number of carbonyl (C=O) groups is 1. The van der Waals surface area contributed by atoms with E-state index in [2.05, 4.69) is 10.5 Å². The average Bonchev–Trinajstić information content (AvgIpc) is 3.22. The zero-order valence-electron chi connectivity index (χ0n) is 15.4. The van der Waals surface area contributed by atoms with Crippen LogP contribution in [0.4, 0.5) is 0 Å². The van der Waals surface area contributed by atoms with Crippen LogP contribution in [0.3, 0.4) is 0 Å². The number of nitrogens with zero attached hydrogens (tertiary/aromatic N) is 1. The lowest BCUT2D eigenvalue weighted by molar-refractivity contribution is -0.130. The van der Waals surface area contributed by atoms with Crippen molar-refractivity contribution in [3.63, 3.8) is 0 Å². The first kappa shape index (κ1) is 18.9. The van der Waals surface area contributed by atoms with Crippen LogP contribution in [-0.4, -0.2) is 31.9 Å². The summed E-state index contributed by atoms with van der Waals surface area (Å²) in [6.07, 6.45) is 0.625. The highest BCUT2D eigenvalue weighted by atomic mass is 35.5. The highest BCUT2D eigenvalue weighted by molar-refractivity contribution is 6.32. The maximum atomic E-state index is 12.2. The monoisotopic (exact) mass is 412 g/mol. The van der Waals surface area contributed by atoms with E-state index in [0.29, 0.717) is 33.8 Å². The van der Waals surface area contributed by atoms with E-state index in [1.807, 2.05) is 18.2 Å². The van der Waals surface area contributed by atoms with Crippen molar-refractivity contribution in [2.45, 2.75) is 6.10 Å². The van der Waals surface area contributed by atoms with E-state index >= 15 is 0 Å². The fraction of sp³-hybridized carbons (Fsp3) is 0.143. The average molecular weight is 413 g/mol. The van der Waals surface area contributed by atoms with E-state index < -0.39 is 12.0 Å². The molecule has 29 heavy (non-hydrogen) atoms. The van der Waals surface area contributed by atoms with Crippen LogP contribution in [0, 0.1) is 0 Å². The summed E-state index contributed by atoms with van der Waals surface area (Å²) >= 11 is 6.15. The van der Waals surface area contributed by atoms with Crippen molar-refractivity contribution in [3.8, 4) is 28.6 Å². The van der Waals surface area contributed by atoms with Crippen molar-refractivity contribution in [3.05, 3.63) is 65.4 Å². The quantitative estimate of drug-likeness (QED) is 0.507. The second kappa shape index (κ2) is 8.28. The standard InChI is InChI=1S/C21H17ClN2O5/c1-26-17-8-6-13(10-15(17)22)16-9-7-14(28-16)11-23-24-21(25)20-12-27-18-4-2-3-5-19(18)29-20/h2-11,20H,12H2,1H3,(H,24,25). The summed E-state index contributed by atoms with van der Waals surface area (Å²) in [5.41, 5.74) is 3.23. The topological polar surface area (TPSA) is 82.3 Å². The van der Waals surface area contributed by atoms with Crippen LogP contribution in [0.25, 0.3) is 11.3 Å². The Bertz CT molecular complexity index is 1060. The Balaban J connectivity index is 1.37. The zero-order chi connectivity index (χ0) is 20.2. The smallest absolute Gasteiger partial charge is 0.284 e. The molecule has 1 amide bonds. The Labute approximate surface area is 171 Å². The SMILES string of the molecule is COc1ccc(-c2ccc(C=NNC(=O)C3COc4ccccc4O3)o2)cc1Cl. The Morgan fingerprint density at radius 2 is 2.03 bits per heavy atom. The molecule has 1 N–H and O–H groups in total. The second-order valence-electron chi connectivity index (χ2n) is 6.15. The summed E-state index contributed by atoms with van der Waals surface area (Å²) in [4.78, 5) is 12.2. The lowest BCUT2D eigenvalue weighted by Gasteiger charge is -2.24. The molecule has 7 nitrogen and oxygen atoms in total. The number of ether oxygens (including phenoxy) is 3. The van der Waals surface area contributed by atoms with Gasteiger partial charge in [-0.25, -0.2) is 5.43 Å². The number of methoxy groups -OCH3 is 1. The van der Waals surface area contributed by atoms with Crippen molar-refractivity contribution >= 4 is 23.7 Å². The Morgan fingerprint density at radius 3 is 2.83 bits per heavy atom. The molecule has 1 atom stereocenters. The zero-order valence-corrected chi connectivity index (χ0v) is 16.2. The van der Waals surface area contributed by atoms with Crippen LogP contribution in [0.5, 0.6) is 17.2 Å². The fourth-order valence-electron chi connectivity index (χ4n) is 2.78. The maximum Gasteiger partial charge on any atom is 0.284 e. The van der Waals surface area contributed by atoms with Gasteiger partial charge in [-0.3, -0.25) is 4.79 Å². The maximum absolute atomic E-state index is 12.2. The molecule has 0 spiro atoms. The molecule has 2 heterocycles. The highest BCUT2D eigenvalue weighted by Gasteiger charge is 2.27. The van der Waals surface area contributed by atoms with Gasteiger partial charge in [-0.1, -0.05) is 23.7 Å². The molecule has 0 fully saturated rings. The second-order valence-corrected chi connectivity index (χ2v) is 6.56. The number of fused-ring (bicyclic) bond motifs is 1. The number of rotatable bonds is 5. The molecule has 1 aliphatic heterocycles. The van der Waals surface area contributed by atoms with E-state index in [1.54, 1.807) is 43.5 Å². The summed E-state index contributed by atoms with van der Waals surface area (Å²) in [5.74, 6) is 2.40. The minimum absolute atomic E-state index is 0.113. The van der Waals surface area contributed by atoms with E-state index in [0.717, 1.165) is 5.56 Å². The minimum Gasteiger partial charge on any atom is -0.495 e. The van der Waals surface area contributed by atoms with Gasteiger partial charge in [0, 0.05) is 5.56 Å². The first-order valence-corrected chi connectivity index (χ1v) is 9.17. The van der Waals surface area contributed by atoms with Gasteiger partial charge in [-0.15, -0.1) is 0 Å². The summed E-state index contributed by atoms with van der Waals surface area (Å²) in [7, 11) is 1.56. The molecule has 0 aliphatic carbocycles. The van der Waals surface area contributed by atoms with Crippen LogP contribution in [0.2, 0.25) is 5.02 Å². The lowest BCUT2D eigenvalue weighted by Crippen LogP contribution is -2.42. The number of nitrogens with one attached hydrogen (secondary N) is 1. The molecule has 4 rings (SSSR count). The molecule has 0 radical (unpaired) electrons. The predicted octanol–water partition coefficient (Wildman–Crippen LogP) is 3.90. The first-order chi connectivity index (χ1) is 14.1. The molecule has 1 aromatic heterocycles. The van der Waals surface area contributed by atoms with Gasteiger partial charge >= 0.3 is 0 Å². The minimum atomic E-state index is -0.782. The number of hydrogen-bond acceptors (Lipinski definition) is 6. The molecule has 0 saturated carbocycles. The van der Waals surface area contributed by atoms with Crippen molar-refractivity contribution < 1.29 is 23.4 Å². The van der Waals surface area contributed by atoms with Gasteiger partial charge in [-0.05, 0) is 42.5 Å². The predicted molar refractivity (Wildman–Crippen MR) is 108 cm³/mol. The summed E-state index contributed by atoms with van der Waals surface area (Å²) < 4.78 is 22.0. The molecule has 8 heteroatoms. The van der Waals surface area contributed by atoms with Crippen molar-refractivity contribution in [1.82, 2.24) is 5.43 Å². The normalized spacial score (nSPS) is 15.3. The van der Waals surface area contributed by atoms with Gasteiger partial charge in [-0.2, -0.15) is 5.10 Å². The molecule has 1 aliphatic rings. The molecule has 0 saturated heterocycles. The van der Waals surface area contributed by atoms with Gasteiger partial charge in [0.2, 0.25) is 6.10 Å². The molecule has 2 aromatic carbocycles. The van der Waals surface area contributed by atoms with Crippen LogP contribution < -0.4 is 19.6 Å². The third-order valence-corrected chi connectivity index (χ3v) is 4.53. The van der Waals surface area contributed by atoms with Crippen LogP contribution >= 0.6 is 11.6 Å². The molecule has 148 valence electrons. The number of hydrazone groups is 1. The number of amides is 1. The number of para-hydroxylation sites is 2. The van der Waals surface area contributed by atoms with Crippen molar-refractivity contribution in [2.75, 3.05) is 13.7 Å². The Morgan fingerprint density at radius 1 is 1.21 bits per heavy atom. The van der Waals surface area contributed by atoms with Gasteiger partial charge in [0.25, 0.3) is 5.91 Å². The third kappa shape index (κ3) is 4.20. The van der Waals surface area contributed by atoms with Crippen LogP contribution in [-0.2, 0) is 4.79 Å². The van der Waals surface area contributed by atoms with Crippen molar-refractivity contribution in [2.24, 2.45) is 5.10 Å². The third-order valence-electron chi connectivity index (χ3n) is 4.23. The molecule has 1 unspecified atom stereocenters. The lowest BCUT2D eigenvalue weighted by atomic mass is 10.2. The number of carbonyl (C=O) groups excluding carboxylic acids is 1. The van der Waals surface area contributed by atoms with E-state index in [4.69, 9.17) is 30.2 Å². The van der Waals surface area contributed by atoms with Crippen LogP contribution in [0.15, 0.2) is 64.1 Å².